The van der Waals surface area contributed by atoms with Gasteiger partial charge in [-0.15, -0.1) is 11.6 Å². The second-order valence-electron chi connectivity index (χ2n) is 5.85. The topological polar surface area (TPSA) is 17.8 Å². The molecule has 2 nitrogen and oxygen atoms in total. The summed E-state index contributed by atoms with van der Waals surface area (Å²) in [5, 5.41) is 0. The molecule has 1 aliphatic rings. The second kappa shape index (κ2) is 6.22. The van der Waals surface area contributed by atoms with Crippen molar-refractivity contribution in [2.75, 3.05) is 0 Å². The molecule has 2 aromatic rings. The second-order valence-corrected chi connectivity index (χ2v) is 7.36. The van der Waals surface area contributed by atoms with Crippen LogP contribution in [-0.2, 0) is 5.88 Å². The number of imidazole rings is 1. The summed E-state index contributed by atoms with van der Waals surface area (Å²) in [6.07, 6.45) is 6.61. The van der Waals surface area contributed by atoms with Crippen LogP contribution in [0.15, 0.2) is 18.2 Å². The first-order chi connectivity index (χ1) is 9.70. The van der Waals surface area contributed by atoms with Crippen LogP contribution in [0.4, 0.5) is 0 Å². The van der Waals surface area contributed by atoms with Crippen molar-refractivity contribution in [1.82, 2.24) is 9.55 Å². The van der Waals surface area contributed by atoms with Crippen LogP contribution in [0.25, 0.3) is 11.0 Å². The van der Waals surface area contributed by atoms with Crippen LogP contribution in [0.2, 0.25) is 0 Å². The van der Waals surface area contributed by atoms with Gasteiger partial charge in [-0.1, -0.05) is 26.2 Å². The number of hydrogen-bond acceptors (Lipinski definition) is 1. The van der Waals surface area contributed by atoms with Crippen LogP contribution in [-0.4, -0.2) is 9.55 Å². The van der Waals surface area contributed by atoms with Gasteiger partial charge in [-0.05, 0) is 59.5 Å². The molecule has 0 saturated heterocycles. The first-order valence-electron chi connectivity index (χ1n) is 7.43. The van der Waals surface area contributed by atoms with E-state index in [0.717, 1.165) is 11.3 Å². The Morgan fingerprint density at radius 1 is 1.30 bits per heavy atom. The van der Waals surface area contributed by atoms with Crippen molar-refractivity contribution in [1.29, 1.82) is 0 Å². The maximum atomic E-state index is 6.17. The van der Waals surface area contributed by atoms with Crippen LogP contribution in [0.5, 0.6) is 0 Å². The molecule has 0 radical (unpaired) electrons. The minimum atomic E-state index is 0.495. The summed E-state index contributed by atoms with van der Waals surface area (Å²) in [4.78, 5) is 4.76. The largest absolute Gasteiger partial charge is 0.324 e. The Kier molecular flexibility index (Phi) is 4.55. The maximum Gasteiger partial charge on any atom is 0.125 e. The van der Waals surface area contributed by atoms with E-state index in [-0.39, 0.29) is 0 Å². The van der Waals surface area contributed by atoms with Gasteiger partial charge in [0.15, 0.2) is 0 Å². The van der Waals surface area contributed by atoms with Gasteiger partial charge < -0.3 is 4.57 Å². The van der Waals surface area contributed by atoms with E-state index in [9.17, 15) is 0 Å². The molecule has 108 valence electrons. The van der Waals surface area contributed by atoms with Gasteiger partial charge in [-0.2, -0.15) is 0 Å². The minimum Gasteiger partial charge on any atom is -0.324 e. The Balaban J connectivity index is 2.12. The molecule has 0 bridgehead atoms. The molecule has 0 aliphatic heterocycles. The van der Waals surface area contributed by atoms with E-state index in [1.54, 1.807) is 0 Å². The predicted octanol–water partition coefficient (Wildman–Crippen LogP) is 5.52. The highest BCUT2D eigenvalue weighted by Crippen LogP contribution is 2.36. The lowest BCUT2D eigenvalue weighted by Crippen LogP contribution is -2.18. The molecule has 1 aliphatic carbocycles. The number of benzene rings is 1. The Labute approximate surface area is 139 Å². The molecule has 0 N–H and O–H groups in total. The molecule has 2 atom stereocenters. The van der Waals surface area contributed by atoms with Gasteiger partial charge in [0.25, 0.3) is 0 Å². The Bertz CT molecular complexity index is 608. The number of hydrogen-bond donors (Lipinski definition) is 0. The first kappa shape index (κ1) is 14.6. The SMILES string of the molecule is CC1CCCCCC1n1c(CCl)nc2cc(I)ccc21. The van der Waals surface area contributed by atoms with Crippen LogP contribution >= 0.6 is 34.2 Å². The van der Waals surface area contributed by atoms with Gasteiger partial charge in [-0.25, -0.2) is 4.98 Å². The van der Waals surface area contributed by atoms with Gasteiger partial charge in [0.05, 0.1) is 16.9 Å². The molecule has 20 heavy (non-hydrogen) atoms. The summed E-state index contributed by atoms with van der Waals surface area (Å²) in [7, 11) is 0. The van der Waals surface area contributed by atoms with Gasteiger partial charge in [0.1, 0.15) is 5.82 Å². The zero-order chi connectivity index (χ0) is 14.1. The molecule has 0 spiro atoms. The van der Waals surface area contributed by atoms with Crippen molar-refractivity contribution in [3.8, 4) is 0 Å². The normalized spacial score (nSPS) is 23.9. The molecule has 4 heteroatoms. The summed E-state index contributed by atoms with van der Waals surface area (Å²) in [5.74, 6) is 2.23. The number of nitrogens with zero attached hydrogens (tertiary/aromatic N) is 2. The lowest BCUT2D eigenvalue weighted by molar-refractivity contribution is 0.335. The molecular weight excluding hydrogens is 383 g/mol. The monoisotopic (exact) mass is 402 g/mol. The van der Waals surface area contributed by atoms with Crippen molar-refractivity contribution < 1.29 is 0 Å². The minimum absolute atomic E-state index is 0.495. The lowest BCUT2D eigenvalue weighted by atomic mass is 9.96. The van der Waals surface area contributed by atoms with E-state index < -0.39 is 0 Å². The summed E-state index contributed by atoms with van der Waals surface area (Å²) in [6, 6.07) is 7.08. The number of aromatic nitrogens is 2. The van der Waals surface area contributed by atoms with Gasteiger partial charge in [-0.3, -0.25) is 0 Å². The smallest absolute Gasteiger partial charge is 0.125 e. The molecule has 1 heterocycles. The predicted molar refractivity (Wildman–Crippen MR) is 93.3 cm³/mol. The third-order valence-corrected chi connectivity index (χ3v) is 5.40. The number of rotatable bonds is 2. The standard InChI is InChI=1S/C16H20ClIN2/c1-11-5-3-2-4-6-14(11)20-15-8-7-12(18)9-13(15)19-16(20)10-17/h7-9,11,14H,2-6,10H2,1H3. The first-order valence-corrected chi connectivity index (χ1v) is 9.04. The summed E-state index contributed by atoms with van der Waals surface area (Å²) in [5.41, 5.74) is 2.34. The van der Waals surface area contributed by atoms with E-state index in [2.05, 4.69) is 52.3 Å². The van der Waals surface area contributed by atoms with Crippen LogP contribution < -0.4 is 0 Å². The molecule has 0 amide bonds. The van der Waals surface area contributed by atoms with Gasteiger partial charge >= 0.3 is 0 Å². The zero-order valence-electron chi connectivity index (χ0n) is 11.8. The third kappa shape index (κ3) is 2.71. The highest BCUT2D eigenvalue weighted by molar-refractivity contribution is 14.1. The lowest BCUT2D eigenvalue weighted by Gasteiger charge is -2.25. The van der Waals surface area contributed by atoms with E-state index in [1.165, 1.54) is 41.2 Å². The van der Waals surface area contributed by atoms with Crippen molar-refractivity contribution in [3.05, 3.63) is 27.6 Å². The highest BCUT2D eigenvalue weighted by atomic mass is 127. The molecule has 2 unspecified atom stereocenters. The zero-order valence-corrected chi connectivity index (χ0v) is 14.7. The quantitative estimate of drug-likeness (QED) is 0.367. The molecule has 3 rings (SSSR count). The summed E-state index contributed by atoms with van der Waals surface area (Å²) in [6.45, 7) is 2.38. The third-order valence-electron chi connectivity index (χ3n) is 4.49. The van der Waals surface area contributed by atoms with E-state index >= 15 is 0 Å². The van der Waals surface area contributed by atoms with Crippen LogP contribution in [0.1, 0.15) is 50.9 Å². The van der Waals surface area contributed by atoms with Crippen LogP contribution in [0.3, 0.4) is 0 Å². The fourth-order valence-corrected chi connectivity index (χ4v) is 4.11. The highest BCUT2D eigenvalue weighted by Gasteiger charge is 2.25. The summed E-state index contributed by atoms with van der Waals surface area (Å²) >= 11 is 8.51. The number of fused-ring (bicyclic) bond motifs is 1. The molecule has 1 aromatic heterocycles. The maximum absolute atomic E-state index is 6.17. The summed E-state index contributed by atoms with van der Waals surface area (Å²) < 4.78 is 3.66. The fourth-order valence-electron chi connectivity index (χ4n) is 3.44. The molecule has 1 fully saturated rings. The molecule has 1 saturated carbocycles. The molecular formula is C16H20ClIN2. The number of halogens is 2. The van der Waals surface area contributed by atoms with Gasteiger partial charge in [0.2, 0.25) is 0 Å². The Morgan fingerprint density at radius 2 is 2.10 bits per heavy atom. The Hall–Kier alpha value is -0.290. The van der Waals surface area contributed by atoms with Crippen molar-refractivity contribution in [2.45, 2.75) is 50.9 Å². The molecule has 1 aromatic carbocycles. The van der Waals surface area contributed by atoms with Crippen molar-refractivity contribution in [3.63, 3.8) is 0 Å². The average molecular weight is 403 g/mol. The van der Waals surface area contributed by atoms with Gasteiger partial charge in [0, 0.05) is 9.61 Å². The van der Waals surface area contributed by atoms with Crippen molar-refractivity contribution >= 4 is 45.2 Å². The fraction of sp³-hybridized carbons (Fsp3) is 0.562. The van der Waals surface area contributed by atoms with Crippen LogP contribution in [0, 0.1) is 9.49 Å². The average Bonchev–Trinajstić information content (AvgIpc) is 2.66. The van der Waals surface area contributed by atoms with E-state index in [4.69, 9.17) is 16.6 Å². The Morgan fingerprint density at radius 3 is 2.90 bits per heavy atom. The number of alkyl halides is 1. The van der Waals surface area contributed by atoms with E-state index in [0.29, 0.717) is 17.8 Å². The van der Waals surface area contributed by atoms with E-state index in [1.807, 2.05) is 0 Å². The van der Waals surface area contributed by atoms with Crippen molar-refractivity contribution in [2.24, 2.45) is 5.92 Å².